The topological polar surface area (TPSA) is 100 Å². The number of carboxylic acids is 1. The van der Waals surface area contributed by atoms with Gasteiger partial charge in [0.05, 0.1) is 17.2 Å². The Hall–Kier alpha value is -3.09. The molecule has 1 saturated carbocycles. The Kier molecular flexibility index (Phi) is 5.36. The Morgan fingerprint density at radius 3 is 2.15 bits per heavy atom. The summed E-state index contributed by atoms with van der Waals surface area (Å²) in [5.41, 5.74) is 6.09. The van der Waals surface area contributed by atoms with Crippen molar-refractivity contribution < 1.29 is 19.5 Å². The van der Waals surface area contributed by atoms with Crippen LogP contribution in [-0.2, 0) is 9.59 Å². The zero-order chi connectivity index (χ0) is 18.5. The number of benzene rings is 1. The highest BCUT2D eigenvalue weighted by atomic mass is 16.4. The minimum absolute atomic E-state index is 0.273. The smallest absolute Gasteiger partial charge is 0.306 e. The Bertz CT molecular complexity index is 793. The molecule has 7 nitrogen and oxygen atoms in total. The molecule has 0 saturated heterocycles. The lowest BCUT2D eigenvalue weighted by Gasteiger charge is -2.25. The molecule has 0 radical (unpaired) electrons. The van der Waals surface area contributed by atoms with Crippen molar-refractivity contribution in [2.24, 2.45) is 11.8 Å². The molecule has 0 atom stereocenters. The van der Waals surface area contributed by atoms with Crippen molar-refractivity contribution in [3.63, 3.8) is 0 Å². The van der Waals surface area contributed by atoms with Crippen molar-refractivity contribution in [3.05, 3.63) is 54.4 Å². The second-order valence-corrected chi connectivity index (χ2v) is 6.44. The van der Waals surface area contributed by atoms with Crippen molar-refractivity contribution in [1.82, 2.24) is 15.4 Å². The number of para-hydroxylation sites is 1. The molecule has 0 bridgehead atoms. The van der Waals surface area contributed by atoms with Crippen LogP contribution >= 0.6 is 0 Å². The molecule has 1 aromatic carbocycles. The number of rotatable bonds is 4. The average molecular weight is 355 g/mol. The highest BCUT2D eigenvalue weighted by Crippen LogP contribution is 2.28. The number of hydrazine groups is 1. The minimum Gasteiger partial charge on any atom is -0.481 e. The van der Waals surface area contributed by atoms with Crippen LogP contribution < -0.4 is 10.9 Å². The van der Waals surface area contributed by atoms with Crippen LogP contribution in [0.1, 0.15) is 36.0 Å². The number of nitrogens with zero attached hydrogens (tertiary/aromatic N) is 1. The van der Waals surface area contributed by atoms with Crippen LogP contribution in [-0.4, -0.2) is 27.5 Å². The van der Waals surface area contributed by atoms with Crippen molar-refractivity contribution in [2.75, 3.05) is 0 Å². The SMILES string of the molecule is O=C(NNC(=O)C1CCC(C(=O)O)CC1)c1ccccc1-n1cccc1. The van der Waals surface area contributed by atoms with Crippen LogP contribution in [0.4, 0.5) is 0 Å². The Morgan fingerprint density at radius 1 is 0.885 bits per heavy atom. The van der Waals surface area contributed by atoms with Crippen LogP contribution in [0.15, 0.2) is 48.8 Å². The van der Waals surface area contributed by atoms with Crippen molar-refractivity contribution in [2.45, 2.75) is 25.7 Å². The number of hydrogen-bond acceptors (Lipinski definition) is 3. The van der Waals surface area contributed by atoms with Gasteiger partial charge in [-0.1, -0.05) is 12.1 Å². The van der Waals surface area contributed by atoms with E-state index in [1.54, 1.807) is 12.1 Å². The van der Waals surface area contributed by atoms with E-state index in [2.05, 4.69) is 10.9 Å². The van der Waals surface area contributed by atoms with Gasteiger partial charge in [-0.15, -0.1) is 0 Å². The van der Waals surface area contributed by atoms with Crippen molar-refractivity contribution in [3.8, 4) is 5.69 Å². The van der Waals surface area contributed by atoms with Crippen LogP contribution in [0.3, 0.4) is 0 Å². The first kappa shape index (κ1) is 17.7. The number of amides is 2. The molecular formula is C19H21N3O4. The van der Waals surface area contributed by atoms with E-state index in [0.717, 1.165) is 0 Å². The largest absolute Gasteiger partial charge is 0.481 e. The zero-order valence-electron chi connectivity index (χ0n) is 14.2. The lowest BCUT2D eigenvalue weighted by Crippen LogP contribution is -2.45. The summed E-state index contributed by atoms with van der Waals surface area (Å²) in [6, 6.07) is 10.8. The third-order valence-electron chi connectivity index (χ3n) is 4.78. The number of carboxylic acid groups (broad SMARTS) is 1. The summed E-state index contributed by atoms with van der Waals surface area (Å²) in [5.74, 6) is -2.13. The summed E-state index contributed by atoms with van der Waals surface area (Å²) in [7, 11) is 0. The number of aromatic nitrogens is 1. The van der Waals surface area contributed by atoms with Gasteiger partial charge in [0, 0.05) is 18.3 Å². The molecule has 0 spiro atoms. The molecule has 3 rings (SSSR count). The molecule has 0 unspecified atom stereocenters. The van der Waals surface area contributed by atoms with E-state index in [9.17, 15) is 14.4 Å². The van der Waals surface area contributed by atoms with Gasteiger partial charge in [-0.05, 0) is 49.9 Å². The summed E-state index contributed by atoms with van der Waals surface area (Å²) in [4.78, 5) is 35.7. The maximum absolute atomic E-state index is 12.5. The molecular weight excluding hydrogens is 334 g/mol. The predicted molar refractivity (Wildman–Crippen MR) is 94.5 cm³/mol. The molecule has 1 aliphatic rings. The van der Waals surface area contributed by atoms with E-state index >= 15 is 0 Å². The van der Waals surface area contributed by atoms with Gasteiger partial charge in [0.15, 0.2) is 0 Å². The van der Waals surface area contributed by atoms with Gasteiger partial charge in [-0.3, -0.25) is 25.2 Å². The summed E-state index contributed by atoms with van der Waals surface area (Å²) in [6.45, 7) is 0. The second kappa shape index (κ2) is 7.86. The molecule has 1 aliphatic carbocycles. The highest BCUT2D eigenvalue weighted by Gasteiger charge is 2.30. The fourth-order valence-corrected chi connectivity index (χ4v) is 3.28. The molecule has 0 aliphatic heterocycles. The fraction of sp³-hybridized carbons (Fsp3) is 0.316. The van der Waals surface area contributed by atoms with E-state index in [0.29, 0.717) is 36.9 Å². The van der Waals surface area contributed by atoms with E-state index in [4.69, 9.17) is 5.11 Å². The zero-order valence-corrected chi connectivity index (χ0v) is 14.2. The number of carbonyl (C=O) groups is 3. The molecule has 1 aromatic heterocycles. The molecule has 1 heterocycles. The molecule has 3 N–H and O–H groups in total. The number of carbonyl (C=O) groups excluding carboxylic acids is 2. The standard InChI is InChI=1S/C19H21N3O4/c23-17(13-7-9-14(10-8-13)19(25)26)20-21-18(24)15-5-1-2-6-16(15)22-11-3-4-12-22/h1-6,11-14H,7-10H2,(H,20,23)(H,21,24)(H,25,26). The maximum Gasteiger partial charge on any atom is 0.306 e. The quantitative estimate of drug-likeness (QED) is 0.732. The highest BCUT2D eigenvalue weighted by molar-refractivity contribution is 5.98. The first-order valence-electron chi connectivity index (χ1n) is 8.61. The number of aliphatic carboxylic acids is 1. The van der Waals surface area contributed by atoms with E-state index in [1.165, 1.54) is 0 Å². The molecule has 26 heavy (non-hydrogen) atoms. The average Bonchev–Trinajstić information content (AvgIpc) is 3.20. The van der Waals surface area contributed by atoms with E-state index in [-0.39, 0.29) is 17.7 Å². The number of nitrogens with one attached hydrogen (secondary N) is 2. The fourth-order valence-electron chi connectivity index (χ4n) is 3.28. The predicted octanol–water partition coefficient (Wildman–Crippen LogP) is 2.13. The summed E-state index contributed by atoms with van der Waals surface area (Å²) in [5, 5.41) is 9.01. The van der Waals surface area contributed by atoms with Gasteiger partial charge in [0.25, 0.3) is 5.91 Å². The Labute approximate surface area is 151 Å². The summed E-state index contributed by atoms with van der Waals surface area (Å²) >= 11 is 0. The number of hydrogen-bond donors (Lipinski definition) is 3. The Balaban J connectivity index is 1.58. The molecule has 2 aromatic rings. The lowest BCUT2D eigenvalue weighted by atomic mass is 9.82. The molecule has 2 amide bonds. The van der Waals surface area contributed by atoms with Crippen LogP contribution in [0.25, 0.3) is 5.69 Å². The second-order valence-electron chi connectivity index (χ2n) is 6.44. The summed E-state index contributed by atoms with van der Waals surface area (Å²) in [6.07, 6.45) is 5.67. The van der Waals surface area contributed by atoms with Crippen LogP contribution in [0.2, 0.25) is 0 Å². The van der Waals surface area contributed by atoms with Gasteiger partial charge in [0.2, 0.25) is 5.91 Å². The Morgan fingerprint density at radius 2 is 1.50 bits per heavy atom. The first-order valence-corrected chi connectivity index (χ1v) is 8.61. The normalized spacial score (nSPS) is 19.5. The van der Waals surface area contributed by atoms with E-state index < -0.39 is 11.9 Å². The summed E-state index contributed by atoms with van der Waals surface area (Å²) < 4.78 is 1.82. The third kappa shape index (κ3) is 3.93. The monoisotopic (exact) mass is 355 g/mol. The molecule has 136 valence electrons. The van der Waals surface area contributed by atoms with Crippen molar-refractivity contribution in [1.29, 1.82) is 0 Å². The van der Waals surface area contributed by atoms with Crippen LogP contribution in [0.5, 0.6) is 0 Å². The van der Waals surface area contributed by atoms with Crippen molar-refractivity contribution >= 4 is 17.8 Å². The lowest BCUT2D eigenvalue weighted by molar-refractivity contribution is -0.144. The third-order valence-corrected chi connectivity index (χ3v) is 4.78. The van der Waals surface area contributed by atoms with Gasteiger partial charge in [0.1, 0.15) is 0 Å². The van der Waals surface area contributed by atoms with Gasteiger partial charge >= 0.3 is 5.97 Å². The van der Waals surface area contributed by atoms with Gasteiger partial charge < -0.3 is 9.67 Å². The minimum atomic E-state index is -0.807. The maximum atomic E-state index is 12.5. The molecule has 1 fully saturated rings. The first-order chi connectivity index (χ1) is 12.6. The van der Waals surface area contributed by atoms with Crippen LogP contribution in [0, 0.1) is 11.8 Å². The van der Waals surface area contributed by atoms with E-state index in [1.807, 2.05) is 41.2 Å². The van der Waals surface area contributed by atoms with Gasteiger partial charge in [-0.25, -0.2) is 0 Å². The molecule has 7 heteroatoms. The van der Waals surface area contributed by atoms with Gasteiger partial charge in [-0.2, -0.15) is 0 Å².